The molecule has 3 heterocycles. The second kappa shape index (κ2) is 11.2. The SMILES string of the molecule is COC(=O)NC[C@H]1CN(c2ccc(-c3ccc(N4C=NN(C(=O)C(O)CO)CC4)nc3)c(F)c2)C(=O)O1. The van der Waals surface area contributed by atoms with Crippen LogP contribution in [0.15, 0.2) is 41.6 Å². The van der Waals surface area contributed by atoms with Gasteiger partial charge in [0.05, 0.1) is 39.0 Å². The van der Waals surface area contributed by atoms with Gasteiger partial charge in [0.15, 0.2) is 6.10 Å². The van der Waals surface area contributed by atoms with Crippen LogP contribution in [0, 0.1) is 5.82 Å². The van der Waals surface area contributed by atoms with Crippen molar-refractivity contribution >= 4 is 35.9 Å². The van der Waals surface area contributed by atoms with Crippen LogP contribution in [-0.2, 0) is 14.3 Å². The van der Waals surface area contributed by atoms with E-state index in [1.165, 1.54) is 36.7 Å². The third-order valence-corrected chi connectivity index (χ3v) is 5.75. The molecule has 0 bridgehead atoms. The summed E-state index contributed by atoms with van der Waals surface area (Å²) in [6.07, 6.45) is -0.548. The van der Waals surface area contributed by atoms with E-state index in [0.29, 0.717) is 23.6 Å². The molecule has 2 aliphatic heterocycles. The summed E-state index contributed by atoms with van der Waals surface area (Å²) in [5.41, 5.74) is 1.10. The van der Waals surface area contributed by atoms with Gasteiger partial charge in [-0.1, -0.05) is 0 Å². The minimum absolute atomic E-state index is 0.0637. The average molecular weight is 516 g/mol. The number of carbonyl (C=O) groups excluding carboxylic acids is 3. The van der Waals surface area contributed by atoms with Gasteiger partial charge < -0.3 is 29.9 Å². The van der Waals surface area contributed by atoms with Gasteiger partial charge in [-0.05, 0) is 30.3 Å². The van der Waals surface area contributed by atoms with Crippen LogP contribution >= 0.6 is 0 Å². The fourth-order valence-corrected chi connectivity index (χ4v) is 3.76. The molecule has 0 saturated carbocycles. The van der Waals surface area contributed by atoms with Gasteiger partial charge in [-0.25, -0.2) is 24.0 Å². The second-order valence-corrected chi connectivity index (χ2v) is 8.14. The number of halogens is 1. The highest BCUT2D eigenvalue weighted by Crippen LogP contribution is 2.29. The number of aliphatic hydroxyl groups excluding tert-OH is 2. The van der Waals surface area contributed by atoms with Gasteiger partial charge in [-0.2, -0.15) is 5.10 Å². The number of carbonyl (C=O) groups is 3. The maximum Gasteiger partial charge on any atom is 0.414 e. The molecule has 1 aromatic heterocycles. The van der Waals surface area contributed by atoms with Gasteiger partial charge in [-0.15, -0.1) is 0 Å². The van der Waals surface area contributed by atoms with Crippen LogP contribution < -0.4 is 15.1 Å². The average Bonchev–Trinajstić information content (AvgIpc) is 3.31. The number of methoxy groups -OCH3 is 1. The number of benzene rings is 1. The minimum atomic E-state index is -1.52. The molecule has 2 atom stereocenters. The molecular formula is C23H25FN6O7. The smallest absolute Gasteiger partial charge is 0.414 e. The number of alkyl carbamates (subject to hydrolysis) is 1. The summed E-state index contributed by atoms with van der Waals surface area (Å²) in [4.78, 5) is 42.7. The van der Waals surface area contributed by atoms with Gasteiger partial charge in [0.2, 0.25) is 0 Å². The summed E-state index contributed by atoms with van der Waals surface area (Å²) in [6, 6.07) is 7.70. The van der Waals surface area contributed by atoms with Crippen LogP contribution in [0.3, 0.4) is 0 Å². The van der Waals surface area contributed by atoms with Crippen molar-refractivity contribution in [1.29, 1.82) is 0 Å². The number of hydrazone groups is 1. The number of cyclic esters (lactones) is 1. The van der Waals surface area contributed by atoms with Crippen LogP contribution in [0.5, 0.6) is 0 Å². The molecule has 13 nitrogen and oxygen atoms in total. The molecule has 37 heavy (non-hydrogen) atoms. The van der Waals surface area contributed by atoms with E-state index in [4.69, 9.17) is 9.84 Å². The van der Waals surface area contributed by atoms with Gasteiger partial charge in [-0.3, -0.25) is 9.69 Å². The Hall–Kier alpha value is -4.30. The number of nitrogens with zero attached hydrogens (tertiary/aromatic N) is 5. The maximum absolute atomic E-state index is 15.0. The zero-order valence-corrected chi connectivity index (χ0v) is 19.8. The monoisotopic (exact) mass is 516 g/mol. The first-order valence-corrected chi connectivity index (χ1v) is 11.3. The van der Waals surface area contributed by atoms with Crippen LogP contribution in [0.2, 0.25) is 0 Å². The zero-order valence-electron chi connectivity index (χ0n) is 19.8. The van der Waals surface area contributed by atoms with Crippen molar-refractivity contribution in [3.8, 4) is 11.1 Å². The third kappa shape index (κ3) is 5.76. The van der Waals surface area contributed by atoms with Crippen molar-refractivity contribution in [2.45, 2.75) is 12.2 Å². The summed E-state index contributed by atoms with van der Waals surface area (Å²) in [5.74, 6) is -0.742. The molecular weight excluding hydrogens is 491 g/mol. The van der Waals surface area contributed by atoms with Crippen molar-refractivity contribution in [3.63, 3.8) is 0 Å². The van der Waals surface area contributed by atoms with Crippen molar-refractivity contribution < 1.29 is 38.5 Å². The van der Waals surface area contributed by atoms with E-state index in [0.717, 1.165) is 5.01 Å². The molecule has 3 amide bonds. The normalized spacial score (nSPS) is 18.0. The standard InChI is InChI=1S/C23H25FN6O7/c1-36-22(34)26-10-16-11-29(23(35)37-16)15-3-4-17(18(24)8-15)14-2-5-20(25-9-14)28-6-7-30(27-13-28)21(33)19(32)12-31/h2-5,8-9,13,16,19,31-32H,6-7,10-12H2,1H3,(H,26,34)/t16-,19?/m0/s1. The molecule has 1 saturated heterocycles. The number of rotatable bonds is 7. The van der Waals surface area contributed by atoms with Crippen molar-refractivity contribution in [3.05, 3.63) is 42.3 Å². The summed E-state index contributed by atoms with van der Waals surface area (Å²) in [7, 11) is 1.22. The summed E-state index contributed by atoms with van der Waals surface area (Å²) >= 11 is 0. The number of hydrogen-bond acceptors (Lipinski definition) is 10. The predicted molar refractivity (Wildman–Crippen MR) is 128 cm³/mol. The summed E-state index contributed by atoms with van der Waals surface area (Å²) in [5, 5.41) is 25.9. The predicted octanol–water partition coefficient (Wildman–Crippen LogP) is 0.514. The fourth-order valence-electron chi connectivity index (χ4n) is 3.76. The molecule has 196 valence electrons. The van der Waals surface area contributed by atoms with Crippen molar-refractivity contribution in [2.24, 2.45) is 5.10 Å². The molecule has 4 rings (SSSR count). The van der Waals surface area contributed by atoms with Gasteiger partial charge in [0.1, 0.15) is 24.1 Å². The van der Waals surface area contributed by atoms with E-state index in [1.807, 2.05) is 0 Å². The highest BCUT2D eigenvalue weighted by atomic mass is 19.1. The Morgan fingerprint density at radius 2 is 2.11 bits per heavy atom. The topological polar surface area (TPSA) is 157 Å². The fraction of sp³-hybridized carbons (Fsp3) is 0.348. The van der Waals surface area contributed by atoms with E-state index < -0.39 is 42.7 Å². The van der Waals surface area contributed by atoms with Crippen molar-refractivity contribution in [2.75, 3.05) is 49.7 Å². The number of ether oxygens (including phenoxy) is 2. The summed E-state index contributed by atoms with van der Waals surface area (Å²) in [6.45, 7) is 0.0486. The Labute approximate surface area is 210 Å². The van der Waals surface area contributed by atoms with E-state index in [-0.39, 0.29) is 25.2 Å². The van der Waals surface area contributed by atoms with Crippen LogP contribution in [0.1, 0.15) is 0 Å². The highest BCUT2D eigenvalue weighted by molar-refractivity contribution is 5.90. The lowest BCUT2D eigenvalue weighted by atomic mass is 10.1. The summed E-state index contributed by atoms with van der Waals surface area (Å²) < 4.78 is 24.7. The first-order chi connectivity index (χ1) is 17.8. The van der Waals surface area contributed by atoms with E-state index in [2.05, 4.69) is 20.1 Å². The molecule has 2 aliphatic rings. The number of hydrogen-bond donors (Lipinski definition) is 3. The number of aromatic nitrogens is 1. The maximum atomic E-state index is 15.0. The van der Waals surface area contributed by atoms with E-state index in [9.17, 15) is 23.9 Å². The van der Waals surface area contributed by atoms with Gasteiger partial charge >= 0.3 is 12.2 Å². The number of nitrogens with one attached hydrogen (secondary N) is 1. The van der Waals surface area contributed by atoms with E-state index >= 15 is 0 Å². The van der Waals surface area contributed by atoms with E-state index in [1.54, 1.807) is 23.1 Å². The Morgan fingerprint density at radius 1 is 1.30 bits per heavy atom. The number of anilines is 2. The van der Waals surface area contributed by atoms with Crippen LogP contribution in [-0.4, -0.2) is 96.7 Å². The molecule has 2 aromatic rings. The first-order valence-electron chi connectivity index (χ1n) is 11.3. The van der Waals surface area contributed by atoms with Gasteiger partial charge in [0, 0.05) is 23.9 Å². The van der Waals surface area contributed by atoms with Crippen LogP contribution in [0.4, 0.5) is 25.5 Å². The zero-order chi connectivity index (χ0) is 26.5. The lowest BCUT2D eigenvalue weighted by Gasteiger charge is -2.28. The first kappa shape index (κ1) is 25.8. The third-order valence-electron chi connectivity index (χ3n) is 5.75. The van der Waals surface area contributed by atoms with Gasteiger partial charge in [0.25, 0.3) is 5.91 Å². The molecule has 1 fully saturated rings. The molecule has 0 spiro atoms. The molecule has 0 aliphatic carbocycles. The van der Waals surface area contributed by atoms with Crippen molar-refractivity contribution in [1.82, 2.24) is 15.3 Å². The highest BCUT2D eigenvalue weighted by Gasteiger charge is 2.33. The molecule has 3 N–H and O–H groups in total. The second-order valence-electron chi connectivity index (χ2n) is 8.14. The molecule has 14 heteroatoms. The largest absolute Gasteiger partial charge is 0.453 e. The Morgan fingerprint density at radius 3 is 2.73 bits per heavy atom. The quantitative estimate of drug-likeness (QED) is 0.477. The Balaban J connectivity index is 1.41. The Kier molecular flexibility index (Phi) is 7.79. The van der Waals surface area contributed by atoms with Crippen LogP contribution in [0.25, 0.3) is 11.1 Å². The minimum Gasteiger partial charge on any atom is -0.453 e. The molecule has 0 radical (unpaired) electrons. The Bertz CT molecular complexity index is 1190. The number of amides is 3. The molecule has 1 unspecified atom stereocenters. The lowest BCUT2D eigenvalue weighted by Crippen LogP contribution is -2.45. The lowest BCUT2D eigenvalue weighted by molar-refractivity contribution is -0.142. The molecule has 1 aromatic carbocycles. The number of aliphatic hydroxyl groups is 2. The number of pyridine rings is 1.